The van der Waals surface area contributed by atoms with E-state index in [-0.39, 0.29) is 0 Å². The summed E-state index contributed by atoms with van der Waals surface area (Å²) in [5.41, 5.74) is 13.4. The summed E-state index contributed by atoms with van der Waals surface area (Å²) in [4.78, 5) is 8.78. The van der Waals surface area contributed by atoms with Crippen molar-refractivity contribution in [3.8, 4) is 22.5 Å². The van der Waals surface area contributed by atoms with Crippen LogP contribution in [0.2, 0.25) is 0 Å². The van der Waals surface area contributed by atoms with E-state index in [0.29, 0.717) is 5.95 Å². The van der Waals surface area contributed by atoms with Gasteiger partial charge in [-0.2, -0.15) is 0 Å². The molecular formula is C19H19N3. The van der Waals surface area contributed by atoms with E-state index in [1.165, 1.54) is 16.7 Å². The highest BCUT2D eigenvalue weighted by molar-refractivity contribution is 5.71. The number of benzene rings is 2. The number of nitrogens with zero attached hydrogens (tertiary/aromatic N) is 2. The maximum Gasteiger partial charge on any atom is 0.221 e. The van der Waals surface area contributed by atoms with Gasteiger partial charge >= 0.3 is 0 Å². The number of hydrogen-bond donors (Lipinski definition) is 1. The Morgan fingerprint density at radius 3 is 2.05 bits per heavy atom. The minimum absolute atomic E-state index is 0.299. The number of rotatable bonds is 2. The molecule has 0 aliphatic rings. The zero-order chi connectivity index (χ0) is 15.7. The zero-order valence-electron chi connectivity index (χ0n) is 13.1. The average molecular weight is 289 g/mol. The molecule has 0 spiro atoms. The number of aromatic nitrogens is 2. The second-order valence-electron chi connectivity index (χ2n) is 5.68. The Labute approximate surface area is 130 Å². The van der Waals surface area contributed by atoms with Crippen LogP contribution >= 0.6 is 0 Å². The minimum Gasteiger partial charge on any atom is -0.368 e. The Hall–Kier alpha value is -2.68. The molecule has 1 aromatic heterocycles. The summed E-state index contributed by atoms with van der Waals surface area (Å²) in [7, 11) is 0. The molecule has 110 valence electrons. The zero-order valence-corrected chi connectivity index (χ0v) is 13.1. The molecular weight excluding hydrogens is 270 g/mol. The van der Waals surface area contributed by atoms with Gasteiger partial charge < -0.3 is 5.73 Å². The SMILES string of the molecule is Cc1ccc(-c2cc(-c3ccc(C)cc3C)nc(N)n2)cc1. The van der Waals surface area contributed by atoms with Crippen LogP contribution in [-0.4, -0.2) is 9.97 Å². The smallest absolute Gasteiger partial charge is 0.221 e. The van der Waals surface area contributed by atoms with Gasteiger partial charge in [0.15, 0.2) is 0 Å². The largest absolute Gasteiger partial charge is 0.368 e. The summed E-state index contributed by atoms with van der Waals surface area (Å²) in [6.07, 6.45) is 0. The lowest BCUT2D eigenvalue weighted by Gasteiger charge is -2.09. The number of aryl methyl sites for hydroxylation is 3. The number of nitrogens with two attached hydrogens (primary N) is 1. The van der Waals surface area contributed by atoms with Crippen LogP contribution in [-0.2, 0) is 0 Å². The van der Waals surface area contributed by atoms with E-state index < -0.39 is 0 Å². The van der Waals surface area contributed by atoms with Crippen molar-refractivity contribution in [3.63, 3.8) is 0 Å². The maximum atomic E-state index is 5.92. The van der Waals surface area contributed by atoms with Gasteiger partial charge in [-0.25, -0.2) is 9.97 Å². The van der Waals surface area contributed by atoms with E-state index in [1.807, 2.05) is 6.07 Å². The van der Waals surface area contributed by atoms with Crippen LogP contribution in [0.25, 0.3) is 22.5 Å². The Morgan fingerprint density at radius 2 is 1.36 bits per heavy atom. The summed E-state index contributed by atoms with van der Waals surface area (Å²) in [5, 5.41) is 0. The molecule has 2 N–H and O–H groups in total. The lowest BCUT2D eigenvalue weighted by molar-refractivity contribution is 1.19. The number of anilines is 1. The first-order valence-electron chi connectivity index (χ1n) is 7.32. The lowest BCUT2D eigenvalue weighted by atomic mass is 10.0. The third-order valence-electron chi connectivity index (χ3n) is 3.75. The summed E-state index contributed by atoms with van der Waals surface area (Å²) in [6, 6.07) is 16.6. The first-order chi connectivity index (χ1) is 10.5. The lowest BCUT2D eigenvalue weighted by Crippen LogP contribution is -1.99. The highest BCUT2D eigenvalue weighted by Crippen LogP contribution is 2.27. The molecule has 0 saturated carbocycles. The molecule has 0 atom stereocenters. The van der Waals surface area contributed by atoms with Gasteiger partial charge in [-0.3, -0.25) is 0 Å². The Kier molecular flexibility index (Phi) is 3.63. The Balaban J connectivity index is 2.12. The van der Waals surface area contributed by atoms with Crippen LogP contribution in [0.5, 0.6) is 0 Å². The van der Waals surface area contributed by atoms with Crippen molar-refractivity contribution in [2.45, 2.75) is 20.8 Å². The average Bonchev–Trinajstić information content (AvgIpc) is 2.47. The fraction of sp³-hybridized carbons (Fsp3) is 0.158. The van der Waals surface area contributed by atoms with Gasteiger partial charge in [0.1, 0.15) is 0 Å². The monoisotopic (exact) mass is 289 g/mol. The number of hydrogen-bond acceptors (Lipinski definition) is 3. The van der Waals surface area contributed by atoms with Crippen LogP contribution in [0.1, 0.15) is 16.7 Å². The third kappa shape index (κ3) is 2.84. The fourth-order valence-corrected chi connectivity index (χ4v) is 2.58. The van der Waals surface area contributed by atoms with Gasteiger partial charge in [-0.15, -0.1) is 0 Å². The molecule has 2 aromatic carbocycles. The van der Waals surface area contributed by atoms with E-state index in [2.05, 4.69) is 73.2 Å². The van der Waals surface area contributed by atoms with Crippen LogP contribution in [0, 0.1) is 20.8 Å². The first kappa shape index (κ1) is 14.3. The van der Waals surface area contributed by atoms with Crippen LogP contribution in [0.4, 0.5) is 5.95 Å². The quantitative estimate of drug-likeness (QED) is 0.764. The molecule has 0 fully saturated rings. The predicted octanol–water partition coefficient (Wildman–Crippen LogP) is 4.32. The van der Waals surface area contributed by atoms with Crippen LogP contribution < -0.4 is 5.73 Å². The molecule has 0 radical (unpaired) electrons. The van der Waals surface area contributed by atoms with E-state index in [9.17, 15) is 0 Å². The summed E-state index contributed by atoms with van der Waals surface area (Å²) < 4.78 is 0. The van der Waals surface area contributed by atoms with Gasteiger partial charge in [0.2, 0.25) is 5.95 Å². The van der Waals surface area contributed by atoms with Gasteiger partial charge in [0, 0.05) is 11.1 Å². The second kappa shape index (κ2) is 5.60. The number of nitrogen functional groups attached to an aromatic ring is 1. The normalized spacial score (nSPS) is 10.7. The molecule has 3 nitrogen and oxygen atoms in total. The van der Waals surface area contributed by atoms with Gasteiger partial charge in [-0.05, 0) is 32.4 Å². The minimum atomic E-state index is 0.299. The summed E-state index contributed by atoms with van der Waals surface area (Å²) in [6.45, 7) is 6.24. The van der Waals surface area contributed by atoms with Crippen LogP contribution in [0.15, 0.2) is 48.5 Å². The highest BCUT2D eigenvalue weighted by atomic mass is 15.0. The van der Waals surface area contributed by atoms with E-state index in [0.717, 1.165) is 22.5 Å². The fourth-order valence-electron chi connectivity index (χ4n) is 2.58. The molecule has 3 aromatic rings. The van der Waals surface area contributed by atoms with Gasteiger partial charge in [-0.1, -0.05) is 53.6 Å². The molecule has 0 saturated heterocycles. The topological polar surface area (TPSA) is 51.8 Å². The molecule has 0 unspecified atom stereocenters. The Bertz CT molecular complexity index is 821. The van der Waals surface area contributed by atoms with Gasteiger partial charge in [0.25, 0.3) is 0 Å². The molecule has 0 bridgehead atoms. The molecule has 3 heteroatoms. The highest BCUT2D eigenvalue weighted by Gasteiger charge is 2.09. The predicted molar refractivity (Wildman–Crippen MR) is 91.5 cm³/mol. The molecule has 22 heavy (non-hydrogen) atoms. The van der Waals surface area contributed by atoms with E-state index >= 15 is 0 Å². The van der Waals surface area contributed by atoms with E-state index in [4.69, 9.17) is 5.73 Å². The summed E-state index contributed by atoms with van der Waals surface area (Å²) in [5.74, 6) is 0.299. The second-order valence-corrected chi connectivity index (χ2v) is 5.68. The van der Waals surface area contributed by atoms with Crippen molar-refractivity contribution in [2.75, 3.05) is 5.73 Å². The maximum absolute atomic E-state index is 5.92. The summed E-state index contributed by atoms with van der Waals surface area (Å²) >= 11 is 0. The molecule has 0 aliphatic carbocycles. The van der Waals surface area contributed by atoms with Crippen molar-refractivity contribution in [3.05, 3.63) is 65.2 Å². The van der Waals surface area contributed by atoms with Crippen molar-refractivity contribution in [1.29, 1.82) is 0 Å². The molecule has 0 amide bonds. The molecule has 1 heterocycles. The standard InChI is InChI=1S/C19H19N3/c1-12-4-7-15(8-5-12)17-11-18(22-19(20)21-17)16-9-6-13(2)10-14(16)3/h4-11H,1-3H3,(H2,20,21,22). The van der Waals surface area contributed by atoms with Gasteiger partial charge in [0.05, 0.1) is 11.4 Å². The van der Waals surface area contributed by atoms with E-state index in [1.54, 1.807) is 0 Å². The van der Waals surface area contributed by atoms with Crippen molar-refractivity contribution < 1.29 is 0 Å². The van der Waals surface area contributed by atoms with Crippen molar-refractivity contribution in [1.82, 2.24) is 9.97 Å². The van der Waals surface area contributed by atoms with Crippen molar-refractivity contribution in [2.24, 2.45) is 0 Å². The molecule has 0 aliphatic heterocycles. The Morgan fingerprint density at radius 1 is 0.727 bits per heavy atom. The molecule has 3 rings (SSSR count). The van der Waals surface area contributed by atoms with Crippen molar-refractivity contribution >= 4 is 5.95 Å². The van der Waals surface area contributed by atoms with Crippen LogP contribution in [0.3, 0.4) is 0 Å². The third-order valence-corrected chi connectivity index (χ3v) is 3.75. The first-order valence-corrected chi connectivity index (χ1v) is 7.32.